The number of imide groups is 1. The molecule has 7 rings (SSSR count). The van der Waals surface area contributed by atoms with E-state index in [-0.39, 0.29) is 36.8 Å². The van der Waals surface area contributed by atoms with E-state index in [0.29, 0.717) is 35.4 Å². The Hall–Kier alpha value is -4.89. The summed E-state index contributed by atoms with van der Waals surface area (Å²) in [7, 11) is 1.76. The van der Waals surface area contributed by atoms with Crippen LogP contribution >= 0.6 is 0 Å². The molecule has 0 bridgehead atoms. The van der Waals surface area contributed by atoms with Gasteiger partial charge in [-0.05, 0) is 44.9 Å². The maximum absolute atomic E-state index is 15.2. The van der Waals surface area contributed by atoms with Crippen molar-refractivity contribution >= 4 is 51.9 Å². The van der Waals surface area contributed by atoms with Crippen molar-refractivity contribution in [2.45, 2.75) is 51.8 Å². The highest BCUT2D eigenvalue weighted by molar-refractivity contribution is 6.05. The van der Waals surface area contributed by atoms with Crippen molar-refractivity contribution < 1.29 is 18.7 Å². The highest BCUT2D eigenvalue weighted by Crippen LogP contribution is 2.31. The quantitative estimate of drug-likeness (QED) is 0.267. The molecule has 3 saturated heterocycles. The molecule has 0 radical (unpaired) electrons. The van der Waals surface area contributed by atoms with Gasteiger partial charge in [0.1, 0.15) is 17.5 Å². The molecule has 3 aromatic heterocycles. The monoisotopic (exact) mass is 671 g/mol. The first-order chi connectivity index (χ1) is 23.7. The lowest BCUT2D eigenvalue weighted by molar-refractivity contribution is -0.120. The first kappa shape index (κ1) is 32.6. The Bertz CT molecular complexity index is 1830. The minimum absolute atomic E-state index is 0.135. The van der Waals surface area contributed by atoms with Crippen LogP contribution in [0.4, 0.5) is 38.3 Å². The number of anilines is 5. The molecule has 6 heterocycles. The molecule has 4 aromatic rings. The molecule has 0 saturated carbocycles. The van der Waals surface area contributed by atoms with Gasteiger partial charge in [0.15, 0.2) is 5.82 Å². The third kappa shape index (κ3) is 6.99. The summed E-state index contributed by atoms with van der Waals surface area (Å²) in [4.78, 5) is 45.8. The van der Waals surface area contributed by atoms with Gasteiger partial charge in [-0.1, -0.05) is 6.07 Å². The van der Waals surface area contributed by atoms with Crippen molar-refractivity contribution in [3.63, 3.8) is 0 Å². The normalized spacial score (nSPS) is 18.1. The number of ether oxygens (including phenoxy) is 1. The van der Waals surface area contributed by atoms with E-state index in [1.807, 2.05) is 23.0 Å². The van der Waals surface area contributed by atoms with Crippen LogP contribution in [0.5, 0.6) is 0 Å². The summed E-state index contributed by atoms with van der Waals surface area (Å²) < 4.78 is 22.7. The largest absolute Gasteiger partial charge is 0.381 e. The average molecular weight is 672 g/mol. The van der Waals surface area contributed by atoms with Crippen LogP contribution in [0.3, 0.4) is 0 Å². The first-order valence-electron chi connectivity index (χ1n) is 16.9. The van der Waals surface area contributed by atoms with E-state index in [1.165, 1.54) is 11.0 Å². The van der Waals surface area contributed by atoms with Crippen LogP contribution in [-0.2, 0) is 16.1 Å². The van der Waals surface area contributed by atoms with Crippen molar-refractivity contribution in [1.29, 1.82) is 0 Å². The van der Waals surface area contributed by atoms with Gasteiger partial charge in [-0.2, -0.15) is 10.1 Å². The van der Waals surface area contributed by atoms with Crippen molar-refractivity contribution in [3.05, 3.63) is 54.1 Å². The summed E-state index contributed by atoms with van der Waals surface area (Å²) in [5, 5.41) is 11.7. The van der Waals surface area contributed by atoms with Crippen molar-refractivity contribution in [3.8, 4) is 0 Å². The zero-order chi connectivity index (χ0) is 34.1. The third-order valence-corrected chi connectivity index (χ3v) is 9.49. The number of nitrogens with one attached hydrogen (secondary N) is 2. The SMILES string of the molecule is COC1CCN(c2nccc(Nc3cc4c(cn3)c(N3CCN(Cc5ccc(N6CCC(=O)NC6=O)cc5F)CC3)nn4C(C)C)n2)CC1. The third-order valence-electron chi connectivity index (χ3n) is 9.49. The number of carbonyl (C=O) groups is 2. The van der Waals surface area contributed by atoms with E-state index >= 15 is 4.39 Å². The van der Waals surface area contributed by atoms with Crippen molar-refractivity contribution in [2.24, 2.45) is 0 Å². The molecule has 3 aliphatic rings. The summed E-state index contributed by atoms with van der Waals surface area (Å²) in [5.74, 6) is 2.25. The molecule has 15 heteroatoms. The van der Waals surface area contributed by atoms with E-state index in [1.54, 1.807) is 25.4 Å². The molecule has 0 unspecified atom stereocenters. The molecule has 3 amide bonds. The van der Waals surface area contributed by atoms with Crippen LogP contribution in [0.25, 0.3) is 10.9 Å². The Morgan fingerprint density at radius 1 is 0.980 bits per heavy atom. The number of hydrogen-bond donors (Lipinski definition) is 2. The molecule has 0 spiro atoms. The number of fused-ring (bicyclic) bond motifs is 1. The van der Waals surface area contributed by atoms with E-state index < -0.39 is 6.03 Å². The van der Waals surface area contributed by atoms with Crippen LogP contribution in [0.1, 0.15) is 44.7 Å². The van der Waals surface area contributed by atoms with E-state index in [2.05, 4.69) is 44.2 Å². The molecule has 49 heavy (non-hydrogen) atoms. The lowest BCUT2D eigenvalue weighted by atomic mass is 10.1. The fourth-order valence-corrected chi connectivity index (χ4v) is 6.71. The fourth-order valence-electron chi connectivity index (χ4n) is 6.71. The Balaban J connectivity index is 1.01. The molecule has 0 atom stereocenters. The molecule has 3 aliphatic heterocycles. The molecular formula is C34H42FN11O3. The predicted molar refractivity (Wildman–Crippen MR) is 185 cm³/mol. The zero-order valence-electron chi connectivity index (χ0n) is 28.1. The number of rotatable bonds is 9. The number of amides is 3. The lowest BCUT2D eigenvalue weighted by Crippen LogP contribution is -2.49. The minimum Gasteiger partial charge on any atom is -0.381 e. The van der Waals surface area contributed by atoms with Gasteiger partial charge in [0.05, 0.1) is 17.0 Å². The Morgan fingerprint density at radius 3 is 2.49 bits per heavy atom. The molecule has 2 N–H and O–H groups in total. The molecule has 3 fully saturated rings. The second-order valence-corrected chi connectivity index (χ2v) is 13.0. The number of pyridine rings is 1. The average Bonchev–Trinajstić information content (AvgIpc) is 3.49. The summed E-state index contributed by atoms with van der Waals surface area (Å²) in [6, 6.07) is 8.31. The second kappa shape index (κ2) is 13.9. The fraction of sp³-hybridized carbons (Fsp3) is 0.471. The van der Waals surface area contributed by atoms with Gasteiger partial charge >= 0.3 is 6.03 Å². The summed E-state index contributed by atoms with van der Waals surface area (Å²) in [5.41, 5.74) is 1.99. The van der Waals surface area contributed by atoms with Crippen molar-refractivity contribution in [1.82, 2.24) is 34.9 Å². The van der Waals surface area contributed by atoms with Gasteiger partial charge in [-0.15, -0.1) is 0 Å². The van der Waals surface area contributed by atoms with Crippen LogP contribution in [0, 0.1) is 5.82 Å². The first-order valence-corrected chi connectivity index (χ1v) is 16.9. The van der Waals surface area contributed by atoms with Crippen LogP contribution in [0.15, 0.2) is 42.7 Å². The Kier molecular flexibility index (Phi) is 9.27. The van der Waals surface area contributed by atoms with Gasteiger partial charge < -0.3 is 19.9 Å². The van der Waals surface area contributed by atoms with Crippen LogP contribution in [0.2, 0.25) is 0 Å². The van der Waals surface area contributed by atoms with Gasteiger partial charge in [-0.3, -0.25) is 24.6 Å². The number of aromatic nitrogens is 5. The standard InChI is InChI=1S/C34H42FN11O3/c1-22(2)46-28-19-30(38-29-6-10-36-33(39-29)44-11-7-25(49-3)8-12-44)37-20-26(28)32(41-46)43-16-14-42(15-17-43)21-23-4-5-24(18-27(23)35)45-13-9-31(47)40-34(45)48/h4-6,10,18-20,22,25H,7-9,11-17,21H2,1-3H3,(H,40,47,48)(H,36,37,38,39). The summed E-state index contributed by atoms with van der Waals surface area (Å²) >= 11 is 0. The zero-order valence-corrected chi connectivity index (χ0v) is 28.1. The Morgan fingerprint density at radius 2 is 1.78 bits per heavy atom. The molecule has 0 aliphatic carbocycles. The van der Waals surface area contributed by atoms with E-state index in [0.717, 1.165) is 68.8 Å². The number of carbonyl (C=O) groups excluding carboxylic acids is 2. The number of nitrogens with zero attached hydrogens (tertiary/aromatic N) is 9. The number of methoxy groups -OCH3 is 1. The highest BCUT2D eigenvalue weighted by Gasteiger charge is 2.27. The number of benzene rings is 1. The number of hydrogen-bond acceptors (Lipinski definition) is 11. The number of urea groups is 1. The van der Waals surface area contributed by atoms with Crippen molar-refractivity contribution in [2.75, 3.05) is 72.9 Å². The maximum atomic E-state index is 15.2. The molecule has 14 nitrogen and oxygen atoms in total. The van der Waals surface area contributed by atoms with E-state index in [4.69, 9.17) is 19.8 Å². The van der Waals surface area contributed by atoms with Crippen LogP contribution < -0.4 is 25.3 Å². The van der Waals surface area contributed by atoms with E-state index in [9.17, 15) is 9.59 Å². The van der Waals surface area contributed by atoms with Gasteiger partial charge in [-0.25, -0.2) is 19.2 Å². The molecular weight excluding hydrogens is 629 g/mol. The van der Waals surface area contributed by atoms with Crippen LogP contribution in [-0.4, -0.2) is 101 Å². The summed E-state index contributed by atoms with van der Waals surface area (Å²) in [6.07, 6.45) is 6.02. The number of halogens is 1. The Labute approximate surface area is 284 Å². The maximum Gasteiger partial charge on any atom is 0.328 e. The van der Waals surface area contributed by atoms with Gasteiger partial charge in [0.2, 0.25) is 11.9 Å². The number of piperidine rings is 1. The predicted octanol–water partition coefficient (Wildman–Crippen LogP) is 4.07. The lowest BCUT2D eigenvalue weighted by Gasteiger charge is -2.35. The van der Waals surface area contributed by atoms with Gasteiger partial charge in [0, 0.05) is 102 Å². The molecule has 1 aromatic carbocycles. The minimum atomic E-state index is -0.524. The second-order valence-electron chi connectivity index (χ2n) is 13.0. The topological polar surface area (TPSA) is 137 Å². The van der Waals surface area contributed by atoms with Gasteiger partial charge in [0.25, 0.3) is 0 Å². The highest BCUT2D eigenvalue weighted by atomic mass is 19.1. The molecule has 258 valence electrons. The smallest absolute Gasteiger partial charge is 0.328 e. The summed E-state index contributed by atoms with van der Waals surface area (Å²) in [6.45, 7) is 9.56. The number of piperazine rings is 1.